The molecule has 2 rings (SSSR count). The van der Waals surface area contributed by atoms with Crippen molar-refractivity contribution in [2.75, 3.05) is 0 Å². The van der Waals surface area contributed by atoms with Gasteiger partial charge in [0.15, 0.2) is 0 Å². The van der Waals surface area contributed by atoms with Crippen LogP contribution in [-0.2, 0) is 0 Å². The maximum atomic E-state index is 11.8. The number of carbonyl (C=O) groups is 1. The molecule has 0 fully saturated rings. The van der Waals surface area contributed by atoms with Crippen LogP contribution in [0, 0.1) is 10.1 Å². The lowest BCUT2D eigenvalue weighted by atomic mass is 10.2. The second kappa shape index (κ2) is 6.98. The second-order valence-corrected chi connectivity index (χ2v) is 4.41. The Bertz CT molecular complexity index is 733. The van der Waals surface area contributed by atoms with Gasteiger partial charge < -0.3 is 4.42 Å². The maximum Gasteiger partial charge on any atom is 0.271 e. The molecule has 1 heterocycles. The molecule has 1 N–H and O–H groups in total. The molecule has 0 unspecified atom stereocenters. The van der Waals surface area contributed by atoms with Gasteiger partial charge in [-0.25, -0.2) is 5.43 Å². The number of nitro groups is 1. The molecule has 0 bridgehead atoms. The predicted molar refractivity (Wildman–Crippen MR) is 81.4 cm³/mol. The van der Waals surface area contributed by atoms with Crippen LogP contribution in [0.15, 0.2) is 57.8 Å². The molecule has 0 saturated heterocycles. The lowest BCUT2D eigenvalue weighted by Crippen LogP contribution is -2.17. The summed E-state index contributed by atoms with van der Waals surface area (Å²) >= 11 is 0. The average Bonchev–Trinajstić information content (AvgIpc) is 3.00. The summed E-state index contributed by atoms with van der Waals surface area (Å²) in [4.78, 5) is 21.9. The number of rotatable bonds is 5. The van der Waals surface area contributed by atoms with Crippen LogP contribution in [0.2, 0.25) is 0 Å². The minimum absolute atomic E-state index is 0.148. The Labute approximate surface area is 126 Å². The number of benzene rings is 1. The first-order chi connectivity index (χ1) is 10.6. The van der Waals surface area contributed by atoms with Crippen LogP contribution in [0.25, 0.3) is 6.08 Å². The van der Waals surface area contributed by atoms with Gasteiger partial charge >= 0.3 is 0 Å². The molecule has 0 radical (unpaired) electrons. The fourth-order valence-electron chi connectivity index (χ4n) is 1.65. The molecule has 0 spiro atoms. The number of non-ortho nitro benzene ring substituents is 1. The van der Waals surface area contributed by atoms with Crippen LogP contribution in [0.4, 0.5) is 5.69 Å². The SMILES string of the molecule is C/C(C=NNC(=O)c1cccc([N+](=O)[O-])c1)=C/c1ccco1. The third-order valence-electron chi connectivity index (χ3n) is 2.67. The molecule has 0 aliphatic rings. The van der Waals surface area contributed by atoms with Crippen molar-refractivity contribution in [1.29, 1.82) is 0 Å². The summed E-state index contributed by atoms with van der Waals surface area (Å²) in [5.74, 6) is 0.153. The lowest BCUT2D eigenvalue weighted by Gasteiger charge is -1.99. The Morgan fingerprint density at radius 3 is 2.86 bits per heavy atom. The van der Waals surface area contributed by atoms with Crippen molar-refractivity contribution in [2.45, 2.75) is 6.92 Å². The first kappa shape index (κ1) is 15.2. The summed E-state index contributed by atoms with van der Waals surface area (Å²) in [6.07, 6.45) is 4.77. The third kappa shape index (κ3) is 4.14. The number of hydrogen-bond donors (Lipinski definition) is 1. The van der Waals surface area contributed by atoms with Crippen molar-refractivity contribution < 1.29 is 14.1 Å². The van der Waals surface area contributed by atoms with Gasteiger partial charge in [-0.05, 0) is 36.8 Å². The number of nitrogens with one attached hydrogen (secondary N) is 1. The Morgan fingerprint density at radius 2 is 2.18 bits per heavy atom. The zero-order valence-corrected chi connectivity index (χ0v) is 11.7. The number of carbonyl (C=O) groups excluding carboxylic acids is 1. The Hall–Kier alpha value is -3.22. The normalized spacial score (nSPS) is 11.6. The molecule has 1 aromatic carbocycles. The van der Waals surface area contributed by atoms with Crippen LogP contribution in [-0.4, -0.2) is 17.0 Å². The first-order valence-corrected chi connectivity index (χ1v) is 6.36. The predicted octanol–water partition coefficient (Wildman–Crippen LogP) is 3.01. The van der Waals surface area contributed by atoms with Crippen molar-refractivity contribution in [3.63, 3.8) is 0 Å². The molecule has 112 valence electrons. The van der Waals surface area contributed by atoms with E-state index in [2.05, 4.69) is 10.5 Å². The van der Waals surface area contributed by atoms with E-state index in [-0.39, 0.29) is 11.3 Å². The Balaban J connectivity index is 1.99. The molecular formula is C15H13N3O4. The minimum Gasteiger partial charge on any atom is -0.465 e. The summed E-state index contributed by atoms with van der Waals surface area (Å²) in [5, 5.41) is 14.5. The Kier molecular flexibility index (Phi) is 4.81. The third-order valence-corrected chi connectivity index (χ3v) is 2.67. The fourth-order valence-corrected chi connectivity index (χ4v) is 1.65. The van der Waals surface area contributed by atoms with E-state index in [1.807, 2.05) is 0 Å². The molecular weight excluding hydrogens is 286 g/mol. The van der Waals surface area contributed by atoms with E-state index in [4.69, 9.17) is 4.42 Å². The first-order valence-electron chi connectivity index (χ1n) is 6.36. The number of amides is 1. The smallest absolute Gasteiger partial charge is 0.271 e. The maximum absolute atomic E-state index is 11.8. The van der Waals surface area contributed by atoms with E-state index < -0.39 is 10.8 Å². The van der Waals surface area contributed by atoms with Crippen LogP contribution in [0.3, 0.4) is 0 Å². The van der Waals surface area contributed by atoms with E-state index in [1.54, 1.807) is 31.4 Å². The van der Waals surface area contributed by atoms with Gasteiger partial charge in [0, 0.05) is 17.7 Å². The molecule has 7 heteroatoms. The summed E-state index contributed by atoms with van der Waals surface area (Å²) < 4.78 is 5.15. The van der Waals surface area contributed by atoms with Gasteiger partial charge in [-0.15, -0.1) is 0 Å². The van der Waals surface area contributed by atoms with Gasteiger partial charge in [0.25, 0.3) is 11.6 Å². The summed E-state index contributed by atoms with van der Waals surface area (Å²) in [6, 6.07) is 8.98. The monoisotopic (exact) mass is 299 g/mol. The lowest BCUT2D eigenvalue weighted by molar-refractivity contribution is -0.384. The van der Waals surface area contributed by atoms with Gasteiger partial charge in [0.1, 0.15) is 5.76 Å². The van der Waals surface area contributed by atoms with Crippen LogP contribution in [0.1, 0.15) is 23.0 Å². The zero-order chi connectivity index (χ0) is 15.9. The number of allylic oxidation sites excluding steroid dienone is 1. The molecule has 0 atom stereocenters. The quantitative estimate of drug-likeness (QED) is 0.521. The number of furan rings is 1. The van der Waals surface area contributed by atoms with Crippen LogP contribution in [0.5, 0.6) is 0 Å². The van der Waals surface area contributed by atoms with Gasteiger partial charge in [-0.3, -0.25) is 14.9 Å². The zero-order valence-electron chi connectivity index (χ0n) is 11.7. The molecule has 0 aliphatic heterocycles. The Morgan fingerprint density at radius 1 is 1.36 bits per heavy atom. The summed E-state index contributed by atoms with van der Waals surface area (Å²) in [6.45, 7) is 1.80. The van der Waals surface area contributed by atoms with Crippen molar-refractivity contribution in [3.8, 4) is 0 Å². The number of nitrogens with zero attached hydrogens (tertiary/aromatic N) is 2. The van der Waals surface area contributed by atoms with Crippen molar-refractivity contribution in [3.05, 3.63) is 69.7 Å². The minimum atomic E-state index is -0.559. The van der Waals surface area contributed by atoms with Gasteiger partial charge in [0.2, 0.25) is 0 Å². The number of nitro benzene ring substituents is 1. The largest absolute Gasteiger partial charge is 0.465 e. The van der Waals surface area contributed by atoms with Gasteiger partial charge in [0.05, 0.1) is 17.4 Å². The average molecular weight is 299 g/mol. The van der Waals surface area contributed by atoms with E-state index in [0.717, 1.165) is 5.57 Å². The fraction of sp³-hybridized carbons (Fsp3) is 0.0667. The number of hydrazone groups is 1. The highest BCUT2D eigenvalue weighted by atomic mass is 16.6. The van der Waals surface area contributed by atoms with Crippen LogP contribution >= 0.6 is 0 Å². The van der Waals surface area contributed by atoms with Gasteiger partial charge in [-0.1, -0.05) is 6.07 Å². The molecule has 0 aliphatic carbocycles. The van der Waals surface area contributed by atoms with Gasteiger partial charge in [-0.2, -0.15) is 5.10 Å². The molecule has 7 nitrogen and oxygen atoms in total. The second-order valence-electron chi connectivity index (χ2n) is 4.41. The van der Waals surface area contributed by atoms with Crippen molar-refractivity contribution in [2.24, 2.45) is 5.10 Å². The van der Waals surface area contributed by atoms with Crippen LogP contribution < -0.4 is 5.43 Å². The number of hydrogen-bond acceptors (Lipinski definition) is 5. The standard InChI is InChI=1S/C15H13N3O4/c1-11(8-14-6-3-7-22-14)10-16-17-15(19)12-4-2-5-13(9-12)18(20)21/h2-10H,1H3,(H,17,19)/b11-8-,16-10?. The molecule has 1 amide bonds. The molecule has 1 aromatic heterocycles. The molecule has 0 saturated carbocycles. The van der Waals surface area contributed by atoms with E-state index >= 15 is 0 Å². The van der Waals surface area contributed by atoms with E-state index in [9.17, 15) is 14.9 Å². The van der Waals surface area contributed by atoms with E-state index in [0.29, 0.717) is 5.76 Å². The molecule has 22 heavy (non-hydrogen) atoms. The highest BCUT2D eigenvalue weighted by molar-refractivity contribution is 5.95. The van der Waals surface area contributed by atoms with E-state index in [1.165, 1.54) is 30.5 Å². The topological polar surface area (TPSA) is 97.7 Å². The van der Waals surface area contributed by atoms with Crippen molar-refractivity contribution in [1.82, 2.24) is 5.43 Å². The summed E-state index contributed by atoms with van der Waals surface area (Å²) in [5.41, 5.74) is 3.10. The highest BCUT2D eigenvalue weighted by Crippen LogP contribution is 2.12. The molecule has 2 aromatic rings. The van der Waals surface area contributed by atoms with Crippen molar-refractivity contribution >= 4 is 23.9 Å². The highest BCUT2D eigenvalue weighted by Gasteiger charge is 2.10. The summed E-state index contributed by atoms with van der Waals surface area (Å²) in [7, 11) is 0.